The van der Waals surface area contributed by atoms with E-state index < -0.39 is 98.9 Å². The Morgan fingerprint density at radius 1 is 1.06 bits per heavy atom. The van der Waals surface area contributed by atoms with Gasteiger partial charge in [-0.2, -0.15) is 13.2 Å². The average Bonchev–Trinajstić information content (AvgIpc) is 4.17. The Hall–Kier alpha value is -5.77. The number of halogens is 4. The van der Waals surface area contributed by atoms with Gasteiger partial charge in [-0.15, -0.1) is 0 Å². The summed E-state index contributed by atoms with van der Waals surface area (Å²) in [5.41, 5.74) is -3.99. The van der Waals surface area contributed by atoms with Gasteiger partial charge in [-0.1, -0.05) is 12.2 Å². The maximum atomic E-state index is 14.9. The van der Waals surface area contributed by atoms with E-state index in [1.807, 2.05) is 18.6 Å². The van der Waals surface area contributed by atoms with Gasteiger partial charge in [0.05, 0.1) is 49.6 Å². The summed E-state index contributed by atoms with van der Waals surface area (Å²) in [4.78, 5) is 67.4. The number of benzene rings is 1. The summed E-state index contributed by atoms with van der Waals surface area (Å²) in [6, 6.07) is 7.13. The van der Waals surface area contributed by atoms with E-state index in [1.54, 1.807) is 61.7 Å². The van der Waals surface area contributed by atoms with Crippen LogP contribution in [0.1, 0.15) is 80.1 Å². The van der Waals surface area contributed by atoms with Crippen molar-refractivity contribution in [1.29, 1.82) is 0 Å². The molecule has 0 spiro atoms. The average molecular weight is 977 g/mol. The Morgan fingerprint density at radius 3 is 2.41 bits per heavy atom. The van der Waals surface area contributed by atoms with Gasteiger partial charge < -0.3 is 39.2 Å². The molecule has 4 heterocycles. The number of sulfonamides is 1. The van der Waals surface area contributed by atoms with Crippen LogP contribution in [0.25, 0.3) is 22.2 Å². The number of carbonyl (C=O) groups excluding carboxylic acids is 4. The minimum absolute atomic E-state index is 0.00110. The molecule has 7 atom stereocenters. The number of hydrogen-bond donors (Lipinski definition) is 3. The molecule has 2 aliphatic carbocycles. The van der Waals surface area contributed by atoms with Gasteiger partial charge in [0, 0.05) is 17.7 Å². The van der Waals surface area contributed by atoms with Crippen LogP contribution in [0, 0.1) is 5.92 Å². The van der Waals surface area contributed by atoms with Crippen molar-refractivity contribution in [2.45, 2.75) is 139 Å². The highest BCUT2D eigenvalue weighted by molar-refractivity contribution is 7.91. The quantitative estimate of drug-likeness (QED) is 0.144. The van der Waals surface area contributed by atoms with Crippen LogP contribution in [0.2, 0.25) is 0 Å². The molecule has 0 radical (unpaired) electrons. The number of aromatic nitrogens is 2. The Bertz CT molecular complexity index is 2560. The maximum Gasteiger partial charge on any atom is 0.427 e. The minimum Gasteiger partial charge on any atom is -0.497 e. The zero-order valence-corrected chi connectivity index (χ0v) is 39.5. The zero-order chi connectivity index (χ0) is 49.6. The molecule has 68 heavy (non-hydrogen) atoms. The van der Waals surface area contributed by atoms with Crippen molar-refractivity contribution in [3.63, 3.8) is 0 Å². The highest BCUT2D eigenvalue weighted by Gasteiger charge is 2.64. The largest absolute Gasteiger partial charge is 0.497 e. The van der Waals surface area contributed by atoms with Crippen LogP contribution < -0.4 is 29.6 Å². The first kappa shape index (κ1) is 50.1. The first-order valence-corrected chi connectivity index (χ1v) is 23.8. The van der Waals surface area contributed by atoms with E-state index in [9.17, 15) is 45.2 Å². The van der Waals surface area contributed by atoms with E-state index in [2.05, 4.69) is 15.6 Å². The molecular weight excluding hydrogens is 921 g/mol. The lowest BCUT2D eigenvalue weighted by atomic mass is 10.1. The predicted octanol–water partition coefficient (Wildman–Crippen LogP) is 5.84. The molecule has 7 rings (SSSR count). The van der Waals surface area contributed by atoms with Crippen LogP contribution in [0.5, 0.6) is 17.4 Å². The number of allylic oxidation sites excluding steroid dienone is 1. The molecule has 2 aliphatic heterocycles. The van der Waals surface area contributed by atoms with Crippen molar-refractivity contribution < 1.29 is 68.8 Å². The summed E-state index contributed by atoms with van der Waals surface area (Å²) in [6.07, 6.45) is -4.22. The van der Waals surface area contributed by atoms with Crippen LogP contribution in [0.3, 0.4) is 0 Å². The molecular formula is C46H56F4N6O11S. The normalized spacial score (nSPS) is 26.9. The van der Waals surface area contributed by atoms with Crippen molar-refractivity contribution in [3.8, 4) is 28.8 Å². The van der Waals surface area contributed by atoms with Gasteiger partial charge in [0.25, 0.3) is 5.91 Å². The second kappa shape index (κ2) is 19.0. The van der Waals surface area contributed by atoms with Gasteiger partial charge in [-0.3, -0.25) is 24.1 Å². The zero-order valence-electron chi connectivity index (χ0n) is 38.6. The summed E-state index contributed by atoms with van der Waals surface area (Å²) in [6.45, 7) is 6.58. The number of amides is 4. The molecule has 0 bridgehead atoms. The third-order valence-corrected chi connectivity index (χ3v) is 14.8. The summed E-state index contributed by atoms with van der Waals surface area (Å²) in [5, 5.41) is 6.09. The van der Waals surface area contributed by atoms with Crippen molar-refractivity contribution in [2.24, 2.45) is 5.92 Å². The highest BCUT2D eigenvalue weighted by atomic mass is 32.2. The Balaban J connectivity index is 1.26. The van der Waals surface area contributed by atoms with Crippen LogP contribution in [0.4, 0.5) is 22.4 Å². The summed E-state index contributed by atoms with van der Waals surface area (Å²) in [5.74, 6) is -2.58. The van der Waals surface area contributed by atoms with E-state index >= 15 is 0 Å². The van der Waals surface area contributed by atoms with E-state index in [1.165, 1.54) is 14.0 Å². The number of fused-ring (bicyclic) bond motifs is 3. The topological polar surface area (TPSA) is 214 Å². The number of nitrogens with one attached hydrogen (secondary N) is 3. The second-order valence-electron chi connectivity index (χ2n) is 18.6. The standard InChI is InChI=1S/C46H56F4N6O11S/c1-25(2)64-31-13-15-34(51-22-31)35-19-28-18-30(63-7)12-14-33(28)39(52-35)66-32-20-36-38(57)54-45(41(59)55-68(61,62)44(24-47)16-17-44)21-29(45)11-9-8-10-26(3)65-27(4)37(40(58)56(36)23-32)53-42(60)67-43(5,6)46(48,49)50/h9,11-15,18-19,22,25-27,29,32,36-37H,8,10,16-17,20-21,23-24H2,1-7H3,(H,53,60)(H,54,57)(H,55,59)/b11-9-/t26-,27-,29+,32+,36-,37-,45+/m0/s1. The molecule has 2 saturated carbocycles. The highest BCUT2D eigenvalue weighted by Crippen LogP contribution is 2.48. The molecule has 2 aromatic heterocycles. The summed E-state index contributed by atoms with van der Waals surface area (Å²) in [7, 11) is -3.02. The fourth-order valence-electron chi connectivity index (χ4n) is 8.29. The molecule has 3 N–H and O–H groups in total. The van der Waals surface area contributed by atoms with Gasteiger partial charge in [-0.05, 0) is 115 Å². The molecule has 370 valence electrons. The van der Waals surface area contributed by atoms with Gasteiger partial charge in [-0.25, -0.2) is 22.6 Å². The maximum absolute atomic E-state index is 14.9. The smallest absolute Gasteiger partial charge is 0.427 e. The number of rotatable bonds is 12. The lowest BCUT2D eigenvalue weighted by molar-refractivity contribution is -0.244. The fourth-order valence-corrected chi connectivity index (χ4v) is 9.71. The monoisotopic (exact) mass is 976 g/mol. The Morgan fingerprint density at radius 2 is 1.78 bits per heavy atom. The van der Waals surface area contributed by atoms with E-state index in [4.69, 9.17) is 28.7 Å². The second-order valence-corrected chi connectivity index (χ2v) is 20.7. The predicted molar refractivity (Wildman–Crippen MR) is 238 cm³/mol. The van der Waals surface area contributed by atoms with Gasteiger partial charge in [0.1, 0.15) is 46.6 Å². The lowest BCUT2D eigenvalue weighted by Gasteiger charge is -2.34. The third-order valence-electron chi connectivity index (χ3n) is 12.7. The van der Waals surface area contributed by atoms with Gasteiger partial charge in [0.2, 0.25) is 33.3 Å². The Kier molecular flexibility index (Phi) is 14.0. The number of hydrogen-bond acceptors (Lipinski definition) is 13. The molecule has 4 amide bonds. The fraction of sp³-hybridized carbons (Fsp3) is 0.565. The van der Waals surface area contributed by atoms with Gasteiger partial charge >= 0.3 is 12.3 Å². The molecule has 4 aliphatic rings. The van der Waals surface area contributed by atoms with E-state index in [0.717, 1.165) is 4.90 Å². The molecule has 3 aromatic rings. The molecule has 0 unspecified atom stereocenters. The van der Waals surface area contributed by atoms with Crippen molar-refractivity contribution in [1.82, 2.24) is 30.2 Å². The first-order valence-electron chi connectivity index (χ1n) is 22.3. The number of alkyl halides is 4. The van der Waals surface area contributed by atoms with Crippen LogP contribution in [-0.4, -0.2) is 126 Å². The number of pyridine rings is 2. The van der Waals surface area contributed by atoms with Crippen molar-refractivity contribution in [2.75, 3.05) is 20.3 Å². The number of alkyl carbamates (subject to hydrolysis) is 1. The molecule has 22 heteroatoms. The SMILES string of the molecule is COc1ccc2c(O[C@@H]3C[C@H]4C(=O)N[C@]5(C(=O)NS(=O)(=O)C6(CF)CC6)C[C@H]5/C=C\CC[C@H](C)O[C@@H](C)[C@H](NC(=O)OC(C)(C)C(F)(F)F)C(=O)N4C3)nc(-c3ccc(OC(C)C)cn3)cc2c1. The number of nitrogens with zero attached hydrogens (tertiary/aromatic N) is 3. The van der Waals surface area contributed by atoms with Crippen LogP contribution in [0.15, 0.2) is 54.7 Å². The minimum atomic E-state index is -4.99. The molecule has 17 nitrogen and oxygen atoms in total. The molecule has 3 fully saturated rings. The van der Waals surface area contributed by atoms with Crippen LogP contribution in [-0.2, 0) is 33.9 Å². The number of ether oxygens (including phenoxy) is 5. The van der Waals surface area contributed by atoms with E-state index in [-0.39, 0.29) is 44.2 Å². The number of carbonyl (C=O) groups is 4. The molecule has 1 saturated heterocycles. The molecule has 1 aromatic carbocycles. The first-order chi connectivity index (χ1) is 31.9. The summed E-state index contributed by atoms with van der Waals surface area (Å²) < 4.78 is 111. The lowest BCUT2D eigenvalue weighted by Crippen LogP contribution is -2.61. The Labute approximate surface area is 391 Å². The summed E-state index contributed by atoms with van der Waals surface area (Å²) >= 11 is 0. The van der Waals surface area contributed by atoms with Crippen molar-refractivity contribution in [3.05, 3.63) is 54.7 Å². The van der Waals surface area contributed by atoms with E-state index in [0.29, 0.717) is 60.3 Å². The van der Waals surface area contributed by atoms with Crippen molar-refractivity contribution >= 4 is 44.6 Å². The van der Waals surface area contributed by atoms with Crippen LogP contribution >= 0.6 is 0 Å². The third kappa shape index (κ3) is 10.4. The number of methoxy groups -OCH3 is 1. The van der Waals surface area contributed by atoms with Gasteiger partial charge in [0.15, 0.2) is 0 Å².